The van der Waals surface area contributed by atoms with Crippen LogP contribution >= 0.6 is 23.7 Å². The van der Waals surface area contributed by atoms with E-state index in [-0.39, 0.29) is 28.6 Å². The van der Waals surface area contributed by atoms with Crippen LogP contribution in [0.1, 0.15) is 42.3 Å². The Morgan fingerprint density at radius 3 is 2.52 bits per heavy atom. The first-order valence-corrected chi connectivity index (χ1v) is 11.8. The first kappa shape index (κ1) is 21.0. The highest BCUT2D eigenvalue weighted by molar-refractivity contribution is 7.91. The molecular weight excluding hydrogens is 406 g/mol. The van der Waals surface area contributed by atoms with Gasteiger partial charge in [-0.2, -0.15) is 4.31 Å². The Bertz CT molecular complexity index is 790. The van der Waals surface area contributed by atoms with Crippen molar-refractivity contribution in [2.45, 2.75) is 42.9 Å². The lowest BCUT2D eigenvalue weighted by atomic mass is 9.98. The van der Waals surface area contributed by atoms with Crippen molar-refractivity contribution in [1.29, 1.82) is 0 Å². The number of piperidine rings is 1. The summed E-state index contributed by atoms with van der Waals surface area (Å²) in [4.78, 5) is 15.2. The summed E-state index contributed by atoms with van der Waals surface area (Å²) in [5, 5.41) is 0. The minimum Gasteiger partial charge on any atom is -0.337 e. The maximum Gasteiger partial charge on any atom is 0.263 e. The van der Waals surface area contributed by atoms with E-state index in [0.29, 0.717) is 42.3 Å². The summed E-state index contributed by atoms with van der Waals surface area (Å²) >= 11 is 1.11. The molecule has 3 heterocycles. The SMILES string of the molecule is CC1CCN(S(=O)(=O)c2ccc(C(=O)N3CC4CCC(N)C4C3)s2)CC1.Cl. The highest BCUT2D eigenvalue weighted by Gasteiger charge is 2.43. The van der Waals surface area contributed by atoms with Gasteiger partial charge in [-0.25, -0.2) is 8.42 Å². The van der Waals surface area contributed by atoms with Gasteiger partial charge in [0, 0.05) is 32.2 Å². The van der Waals surface area contributed by atoms with Crippen LogP contribution in [-0.2, 0) is 10.0 Å². The number of halogens is 1. The molecule has 6 nitrogen and oxygen atoms in total. The van der Waals surface area contributed by atoms with E-state index in [1.807, 2.05) is 4.90 Å². The molecule has 2 N–H and O–H groups in total. The van der Waals surface area contributed by atoms with Gasteiger partial charge in [-0.15, -0.1) is 23.7 Å². The molecule has 3 aliphatic rings. The fraction of sp³-hybridized carbons (Fsp3) is 0.722. The third-order valence-corrected chi connectivity index (χ3v) is 9.77. The first-order chi connectivity index (χ1) is 12.4. The van der Waals surface area contributed by atoms with Crippen LogP contribution in [0.2, 0.25) is 0 Å². The monoisotopic (exact) mass is 433 g/mol. The smallest absolute Gasteiger partial charge is 0.263 e. The number of hydrogen-bond donors (Lipinski definition) is 1. The Morgan fingerprint density at radius 2 is 1.85 bits per heavy atom. The standard InChI is InChI=1S/C18H27N3O3S2.ClH/c1-12-6-8-21(9-7-12)26(23,24)17-5-4-16(25-17)18(22)20-10-13-2-3-15(19)14(13)11-20;/h4-5,12-15H,2-3,6-11,19H2,1H3;1H. The van der Waals surface area contributed by atoms with E-state index >= 15 is 0 Å². The second-order valence-electron chi connectivity index (χ2n) is 8.08. The fourth-order valence-electron chi connectivity index (χ4n) is 4.56. The largest absolute Gasteiger partial charge is 0.337 e. The summed E-state index contributed by atoms with van der Waals surface area (Å²) < 4.78 is 27.5. The molecule has 1 aliphatic carbocycles. The van der Waals surface area contributed by atoms with Crippen LogP contribution < -0.4 is 5.73 Å². The van der Waals surface area contributed by atoms with Gasteiger partial charge < -0.3 is 10.6 Å². The minimum absolute atomic E-state index is 0. The summed E-state index contributed by atoms with van der Waals surface area (Å²) in [6.45, 7) is 4.75. The van der Waals surface area contributed by atoms with Crippen LogP contribution in [0.3, 0.4) is 0 Å². The first-order valence-electron chi connectivity index (χ1n) is 9.51. The Hall–Kier alpha value is -0.670. The van der Waals surface area contributed by atoms with Crippen molar-refractivity contribution >= 4 is 39.7 Å². The number of sulfonamides is 1. The third kappa shape index (κ3) is 3.92. The van der Waals surface area contributed by atoms with Gasteiger partial charge in [-0.05, 0) is 55.6 Å². The van der Waals surface area contributed by atoms with Gasteiger partial charge in [0.2, 0.25) is 0 Å². The van der Waals surface area contributed by atoms with Gasteiger partial charge in [0.05, 0.1) is 4.88 Å². The number of carbonyl (C=O) groups excluding carboxylic acids is 1. The predicted molar refractivity (Wildman–Crippen MR) is 109 cm³/mol. The Kier molecular flexibility index (Phi) is 6.23. The maximum absolute atomic E-state index is 12.8. The summed E-state index contributed by atoms with van der Waals surface area (Å²) in [5.74, 6) is 1.43. The van der Waals surface area contributed by atoms with Crippen molar-refractivity contribution in [3.63, 3.8) is 0 Å². The molecule has 9 heteroatoms. The number of nitrogens with zero attached hydrogens (tertiary/aromatic N) is 2. The molecule has 2 saturated heterocycles. The molecule has 3 unspecified atom stereocenters. The van der Waals surface area contributed by atoms with Gasteiger partial charge in [-0.3, -0.25) is 4.79 Å². The van der Waals surface area contributed by atoms with Crippen LogP contribution in [0.15, 0.2) is 16.3 Å². The number of fused-ring (bicyclic) bond motifs is 1. The molecule has 1 aromatic heterocycles. The topological polar surface area (TPSA) is 83.7 Å². The molecule has 1 aromatic rings. The normalized spacial score (nSPS) is 29.6. The quantitative estimate of drug-likeness (QED) is 0.793. The predicted octanol–water partition coefficient (Wildman–Crippen LogP) is 2.40. The molecule has 3 atom stereocenters. The number of carbonyl (C=O) groups is 1. The Labute approximate surface area is 171 Å². The van der Waals surface area contributed by atoms with Crippen LogP contribution in [0, 0.1) is 17.8 Å². The number of rotatable bonds is 3. The highest BCUT2D eigenvalue weighted by atomic mass is 35.5. The zero-order valence-electron chi connectivity index (χ0n) is 15.5. The van der Waals surface area contributed by atoms with E-state index in [2.05, 4.69) is 6.92 Å². The highest BCUT2D eigenvalue weighted by Crippen LogP contribution is 2.38. The summed E-state index contributed by atoms with van der Waals surface area (Å²) in [6, 6.07) is 3.45. The molecule has 3 fully saturated rings. The molecular formula is C18H28ClN3O3S2. The van der Waals surface area contributed by atoms with Gasteiger partial charge in [0.15, 0.2) is 0 Å². The van der Waals surface area contributed by atoms with E-state index in [1.54, 1.807) is 16.4 Å². The maximum atomic E-state index is 12.8. The third-order valence-electron chi connectivity index (χ3n) is 6.33. The second kappa shape index (κ2) is 7.99. The lowest BCUT2D eigenvalue weighted by molar-refractivity contribution is 0.0784. The van der Waals surface area contributed by atoms with Crippen LogP contribution in [0.4, 0.5) is 0 Å². The van der Waals surface area contributed by atoms with E-state index in [9.17, 15) is 13.2 Å². The number of likely N-dealkylation sites (tertiary alicyclic amines) is 1. The zero-order chi connectivity index (χ0) is 18.5. The molecule has 0 spiro atoms. The second-order valence-corrected chi connectivity index (χ2v) is 11.3. The molecule has 2 aliphatic heterocycles. The van der Waals surface area contributed by atoms with E-state index < -0.39 is 10.0 Å². The zero-order valence-corrected chi connectivity index (χ0v) is 18.0. The molecule has 1 saturated carbocycles. The fourth-order valence-corrected chi connectivity index (χ4v) is 7.45. The van der Waals surface area contributed by atoms with Crippen molar-refractivity contribution in [3.8, 4) is 0 Å². The number of nitrogens with two attached hydrogens (primary N) is 1. The molecule has 1 amide bonds. The van der Waals surface area contributed by atoms with Crippen molar-refractivity contribution in [2.75, 3.05) is 26.2 Å². The van der Waals surface area contributed by atoms with Gasteiger partial charge >= 0.3 is 0 Å². The van der Waals surface area contributed by atoms with E-state index in [1.165, 1.54) is 0 Å². The van der Waals surface area contributed by atoms with Gasteiger partial charge in [0.1, 0.15) is 4.21 Å². The van der Waals surface area contributed by atoms with E-state index in [4.69, 9.17) is 5.73 Å². The lowest BCUT2D eigenvalue weighted by Gasteiger charge is -2.28. The van der Waals surface area contributed by atoms with Crippen molar-refractivity contribution in [1.82, 2.24) is 9.21 Å². The molecule has 0 bridgehead atoms. The average Bonchev–Trinajstić information content (AvgIpc) is 3.32. The van der Waals surface area contributed by atoms with Crippen molar-refractivity contribution in [3.05, 3.63) is 17.0 Å². The molecule has 27 heavy (non-hydrogen) atoms. The van der Waals surface area contributed by atoms with Crippen LogP contribution in [-0.4, -0.2) is 55.8 Å². The minimum atomic E-state index is -3.48. The Balaban J connectivity index is 0.00000210. The molecule has 0 aromatic carbocycles. The molecule has 4 rings (SSSR count). The van der Waals surface area contributed by atoms with Crippen molar-refractivity contribution < 1.29 is 13.2 Å². The van der Waals surface area contributed by atoms with Crippen LogP contribution in [0.25, 0.3) is 0 Å². The van der Waals surface area contributed by atoms with Gasteiger partial charge in [0.25, 0.3) is 15.9 Å². The summed E-state index contributed by atoms with van der Waals surface area (Å²) in [7, 11) is -3.48. The average molecular weight is 434 g/mol. The number of thiophene rings is 1. The molecule has 0 radical (unpaired) electrons. The number of amides is 1. The van der Waals surface area contributed by atoms with Crippen LogP contribution in [0.5, 0.6) is 0 Å². The molecule has 152 valence electrons. The van der Waals surface area contributed by atoms with Crippen molar-refractivity contribution in [2.24, 2.45) is 23.5 Å². The summed E-state index contributed by atoms with van der Waals surface area (Å²) in [6.07, 6.45) is 3.93. The van der Waals surface area contributed by atoms with Gasteiger partial charge in [-0.1, -0.05) is 6.92 Å². The summed E-state index contributed by atoms with van der Waals surface area (Å²) in [5.41, 5.74) is 6.15. The Morgan fingerprint density at radius 1 is 1.15 bits per heavy atom. The lowest BCUT2D eigenvalue weighted by Crippen LogP contribution is -2.37. The van der Waals surface area contributed by atoms with E-state index in [0.717, 1.165) is 43.6 Å². The number of hydrogen-bond acceptors (Lipinski definition) is 5.